The van der Waals surface area contributed by atoms with Crippen LogP contribution in [0, 0.1) is 11.8 Å². The summed E-state index contributed by atoms with van der Waals surface area (Å²) in [4.78, 5) is 12.2. The van der Waals surface area contributed by atoms with Crippen LogP contribution in [0.25, 0.3) is 0 Å². The zero-order valence-corrected chi connectivity index (χ0v) is 14.9. The van der Waals surface area contributed by atoms with Crippen LogP contribution >= 0.6 is 0 Å². The van der Waals surface area contributed by atoms with E-state index >= 15 is 0 Å². The summed E-state index contributed by atoms with van der Waals surface area (Å²) in [7, 11) is -2.19. The number of rotatable bonds is 6. The summed E-state index contributed by atoms with van der Waals surface area (Å²) in [5.41, 5.74) is 0.232. The number of benzene rings is 1. The van der Waals surface area contributed by atoms with Gasteiger partial charge in [0.25, 0.3) is 5.91 Å². The first-order valence-corrected chi connectivity index (χ1v) is 9.91. The molecule has 1 aromatic carbocycles. The fourth-order valence-electron chi connectivity index (χ4n) is 3.94. The van der Waals surface area contributed by atoms with Crippen LogP contribution in [0.15, 0.2) is 23.1 Å². The van der Waals surface area contributed by atoms with Gasteiger partial charge in [-0.05, 0) is 56.2 Å². The summed E-state index contributed by atoms with van der Waals surface area (Å²) in [5, 5.41) is 2.68. The zero-order chi connectivity index (χ0) is 17.3. The van der Waals surface area contributed by atoms with Crippen LogP contribution in [0.3, 0.4) is 0 Å². The number of fused-ring (bicyclic) bond motifs is 2. The second-order valence-electron chi connectivity index (χ2n) is 6.62. The molecular formula is C17H24N2O4S. The molecule has 2 bridgehead atoms. The predicted molar refractivity (Wildman–Crippen MR) is 90.6 cm³/mol. The lowest BCUT2D eigenvalue weighted by Gasteiger charge is -2.23. The molecule has 2 fully saturated rings. The lowest BCUT2D eigenvalue weighted by molar-refractivity contribution is 0.0952. The Kier molecular flexibility index (Phi) is 4.83. The maximum absolute atomic E-state index is 12.7. The quantitative estimate of drug-likeness (QED) is 0.819. The molecule has 2 saturated carbocycles. The summed E-state index contributed by atoms with van der Waals surface area (Å²) >= 11 is 0. The molecule has 3 rings (SSSR count). The number of amides is 1. The van der Waals surface area contributed by atoms with E-state index in [1.165, 1.54) is 31.7 Å². The van der Waals surface area contributed by atoms with Gasteiger partial charge in [0, 0.05) is 12.6 Å². The predicted octanol–water partition coefficient (Wildman–Crippen LogP) is 1.91. The van der Waals surface area contributed by atoms with E-state index in [4.69, 9.17) is 4.74 Å². The van der Waals surface area contributed by atoms with E-state index in [-0.39, 0.29) is 22.4 Å². The molecule has 1 aromatic rings. The number of hydrogen-bond acceptors (Lipinski definition) is 4. The van der Waals surface area contributed by atoms with Gasteiger partial charge in [0.05, 0.1) is 17.6 Å². The number of carbonyl (C=O) groups excluding carboxylic acids is 1. The van der Waals surface area contributed by atoms with Crippen LogP contribution < -0.4 is 14.8 Å². The summed E-state index contributed by atoms with van der Waals surface area (Å²) < 4.78 is 33.4. The van der Waals surface area contributed by atoms with Crippen LogP contribution in [0.4, 0.5) is 0 Å². The topological polar surface area (TPSA) is 84.5 Å². The van der Waals surface area contributed by atoms with Gasteiger partial charge in [-0.2, -0.15) is 0 Å². The third-order valence-corrected chi connectivity index (χ3v) is 6.60. The SMILES string of the molecule is CCNC(=O)c1cc(S(=O)(=O)NC2CC3CCC2C3)ccc1OC. The lowest BCUT2D eigenvalue weighted by Crippen LogP contribution is -2.38. The second kappa shape index (κ2) is 6.72. The first kappa shape index (κ1) is 17.2. The third kappa shape index (κ3) is 3.28. The van der Waals surface area contributed by atoms with Crippen LogP contribution in [-0.2, 0) is 10.0 Å². The van der Waals surface area contributed by atoms with Crippen molar-refractivity contribution < 1.29 is 17.9 Å². The monoisotopic (exact) mass is 352 g/mol. The van der Waals surface area contributed by atoms with Crippen LogP contribution in [0.5, 0.6) is 5.75 Å². The Labute approximate surface area is 143 Å². The molecule has 24 heavy (non-hydrogen) atoms. The van der Waals surface area contributed by atoms with Crippen LogP contribution in [0.1, 0.15) is 43.0 Å². The molecule has 0 radical (unpaired) electrons. The molecule has 1 amide bonds. The Morgan fingerprint density at radius 1 is 1.29 bits per heavy atom. The summed E-state index contributed by atoms with van der Waals surface area (Å²) in [6.07, 6.45) is 4.36. The van der Waals surface area contributed by atoms with E-state index < -0.39 is 10.0 Å². The molecule has 0 heterocycles. The molecule has 2 N–H and O–H groups in total. The van der Waals surface area contributed by atoms with E-state index in [1.54, 1.807) is 0 Å². The highest BCUT2D eigenvalue weighted by Gasteiger charge is 2.41. The zero-order valence-electron chi connectivity index (χ0n) is 14.0. The second-order valence-corrected chi connectivity index (χ2v) is 8.34. The Morgan fingerprint density at radius 2 is 2.08 bits per heavy atom. The highest BCUT2D eigenvalue weighted by molar-refractivity contribution is 7.89. The summed E-state index contributed by atoms with van der Waals surface area (Å²) in [6.45, 7) is 2.27. The molecule has 0 aromatic heterocycles. The Bertz CT molecular complexity index is 732. The fraction of sp³-hybridized carbons (Fsp3) is 0.588. The summed E-state index contributed by atoms with van der Waals surface area (Å²) in [6, 6.07) is 4.42. The Morgan fingerprint density at radius 3 is 2.67 bits per heavy atom. The van der Waals surface area contributed by atoms with Crippen LogP contribution in [0.2, 0.25) is 0 Å². The third-order valence-electron chi connectivity index (χ3n) is 5.11. The van der Waals surface area contributed by atoms with Crippen molar-refractivity contribution in [3.63, 3.8) is 0 Å². The molecule has 3 unspecified atom stereocenters. The number of ether oxygens (including phenoxy) is 1. The molecular weight excluding hydrogens is 328 g/mol. The van der Waals surface area contributed by atoms with Crippen molar-refractivity contribution in [2.45, 2.75) is 43.5 Å². The number of nitrogens with one attached hydrogen (secondary N) is 2. The van der Waals surface area contributed by atoms with Crippen molar-refractivity contribution in [3.05, 3.63) is 23.8 Å². The highest BCUT2D eigenvalue weighted by Crippen LogP contribution is 2.44. The number of methoxy groups -OCH3 is 1. The van der Waals surface area contributed by atoms with Crippen molar-refractivity contribution in [2.75, 3.05) is 13.7 Å². The van der Waals surface area contributed by atoms with Gasteiger partial charge in [-0.15, -0.1) is 0 Å². The Hall–Kier alpha value is -1.60. The van der Waals surface area contributed by atoms with E-state index in [0.29, 0.717) is 24.1 Å². The number of carbonyl (C=O) groups is 1. The lowest BCUT2D eigenvalue weighted by atomic mass is 9.96. The summed E-state index contributed by atoms with van der Waals surface area (Å²) in [5.74, 6) is 1.13. The minimum Gasteiger partial charge on any atom is -0.496 e. The van der Waals surface area contributed by atoms with Crippen molar-refractivity contribution in [2.24, 2.45) is 11.8 Å². The van der Waals surface area contributed by atoms with Gasteiger partial charge in [-0.25, -0.2) is 13.1 Å². The largest absolute Gasteiger partial charge is 0.496 e. The highest BCUT2D eigenvalue weighted by atomic mass is 32.2. The molecule has 2 aliphatic carbocycles. The minimum atomic E-state index is -3.65. The number of sulfonamides is 1. The maximum atomic E-state index is 12.7. The van der Waals surface area contributed by atoms with Crippen LogP contribution in [-0.4, -0.2) is 34.0 Å². The minimum absolute atomic E-state index is 0.0174. The van der Waals surface area contributed by atoms with Gasteiger partial charge in [0.15, 0.2) is 0 Å². The first-order chi connectivity index (χ1) is 11.4. The molecule has 0 aliphatic heterocycles. The van der Waals surface area contributed by atoms with E-state index in [0.717, 1.165) is 19.3 Å². The van der Waals surface area contributed by atoms with Crippen molar-refractivity contribution in [1.82, 2.24) is 10.0 Å². The van der Waals surface area contributed by atoms with Gasteiger partial charge in [0.1, 0.15) is 5.75 Å². The smallest absolute Gasteiger partial charge is 0.255 e. The molecule has 2 aliphatic rings. The molecule has 7 heteroatoms. The van der Waals surface area contributed by atoms with Crippen molar-refractivity contribution in [3.8, 4) is 5.75 Å². The van der Waals surface area contributed by atoms with E-state index in [1.807, 2.05) is 6.92 Å². The van der Waals surface area contributed by atoms with Crippen molar-refractivity contribution >= 4 is 15.9 Å². The van der Waals surface area contributed by atoms with Gasteiger partial charge in [0.2, 0.25) is 10.0 Å². The molecule has 132 valence electrons. The average Bonchev–Trinajstić information content (AvgIpc) is 3.16. The van der Waals surface area contributed by atoms with Crippen molar-refractivity contribution in [1.29, 1.82) is 0 Å². The molecule has 3 atom stereocenters. The molecule has 0 spiro atoms. The standard InChI is InChI=1S/C17H24N2O4S/c1-3-18-17(20)14-10-13(6-7-16(14)23-2)24(21,22)19-15-9-11-4-5-12(15)8-11/h6-7,10-12,15,19H,3-5,8-9H2,1-2H3,(H,18,20). The van der Waals surface area contributed by atoms with Gasteiger partial charge in [-0.1, -0.05) is 6.42 Å². The first-order valence-electron chi connectivity index (χ1n) is 8.43. The van der Waals surface area contributed by atoms with E-state index in [2.05, 4.69) is 10.0 Å². The van der Waals surface area contributed by atoms with Gasteiger partial charge in [-0.3, -0.25) is 4.79 Å². The Balaban J connectivity index is 1.84. The van der Waals surface area contributed by atoms with Gasteiger partial charge >= 0.3 is 0 Å². The fourth-order valence-corrected chi connectivity index (χ4v) is 5.29. The molecule has 0 saturated heterocycles. The average molecular weight is 352 g/mol. The molecule has 6 nitrogen and oxygen atoms in total. The normalized spacial score (nSPS) is 25.7. The van der Waals surface area contributed by atoms with Gasteiger partial charge < -0.3 is 10.1 Å². The van der Waals surface area contributed by atoms with E-state index in [9.17, 15) is 13.2 Å². The number of hydrogen-bond donors (Lipinski definition) is 2. The maximum Gasteiger partial charge on any atom is 0.255 e.